The van der Waals surface area contributed by atoms with Crippen molar-refractivity contribution >= 4 is 17.7 Å². The van der Waals surface area contributed by atoms with Gasteiger partial charge in [0.05, 0.1) is 17.6 Å². The van der Waals surface area contributed by atoms with Crippen molar-refractivity contribution in [3.8, 4) is 11.3 Å². The monoisotopic (exact) mass is 287 g/mol. The summed E-state index contributed by atoms with van der Waals surface area (Å²) in [6.45, 7) is 0. The quantitative estimate of drug-likeness (QED) is 0.860. The van der Waals surface area contributed by atoms with Crippen LogP contribution in [0.3, 0.4) is 0 Å². The fourth-order valence-electron chi connectivity index (χ4n) is 2.16. The Morgan fingerprint density at radius 2 is 2.15 bits per heavy atom. The highest BCUT2D eigenvalue weighted by molar-refractivity contribution is 7.99. The van der Waals surface area contributed by atoms with Crippen LogP contribution in [0.15, 0.2) is 41.7 Å². The van der Waals surface area contributed by atoms with E-state index in [1.165, 1.54) is 30.2 Å². The van der Waals surface area contributed by atoms with E-state index < -0.39 is 0 Å². The van der Waals surface area contributed by atoms with Crippen molar-refractivity contribution < 1.29 is 4.79 Å². The first-order valence-electron chi connectivity index (χ1n) is 6.75. The van der Waals surface area contributed by atoms with Crippen LogP contribution in [0.2, 0.25) is 0 Å². The highest BCUT2D eigenvalue weighted by atomic mass is 32.2. The first-order chi connectivity index (χ1) is 9.79. The average molecular weight is 287 g/mol. The molecule has 4 nitrogen and oxygen atoms in total. The topological polar surface area (TPSA) is 46.9 Å². The predicted molar refractivity (Wildman–Crippen MR) is 80.7 cm³/mol. The number of hydrogen-bond acceptors (Lipinski definition) is 3. The van der Waals surface area contributed by atoms with Gasteiger partial charge in [0.25, 0.3) is 0 Å². The maximum Gasteiger partial charge on any atom is 0.230 e. The molecule has 0 unspecified atom stereocenters. The van der Waals surface area contributed by atoms with E-state index >= 15 is 0 Å². The fraction of sp³-hybridized carbons (Fsp3) is 0.333. The van der Waals surface area contributed by atoms with Gasteiger partial charge in [-0.2, -0.15) is 0 Å². The Bertz CT molecular complexity index is 605. The highest BCUT2D eigenvalue weighted by Gasteiger charge is 2.29. The Labute approximate surface area is 122 Å². The smallest absolute Gasteiger partial charge is 0.230 e. The number of rotatable bonds is 5. The SMILES string of the molecule is CNC(=O)CSc1ncc(-c2ccccc2)n1C1CC1. The molecule has 2 aromatic rings. The number of carbonyl (C=O) groups is 1. The second-order valence-electron chi connectivity index (χ2n) is 4.86. The summed E-state index contributed by atoms with van der Waals surface area (Å²) in [7, 11) is 1.66. The van der Waals surface area contributed by atoms with Gasteiger partial charge in [0.15, 0.2) is 5.16 Å². The van der Waals surface area contributed by atoms with Crippen LogP contribution in [0.25, 0.3) is 11.3 Å². The van der Waals surface area contributed by atoms with Gasteiger partial charge in [-0.25, -0.2) is 4.98 Å². The number of aromatic nitrogens is 2. The number of thioether (sulfide) groups is 1. The average Bonchev–Trinajstić information content (AvgIpc) is 3.25. The molecule has 3 rings (SSSR count). The van der Waals surface area contributed by atoms with Crippen molar-refractivity contribution in [3.05, 3.63) is 36.5 Å². The zero-order valence-electron chi connectivity index (χ0n) is 11.4. The summed E-state index contributed by atoms with van der Waals surface area (Å²) in [5.41, 5.74) is 2.33. The van der Waals surface area contributed by atoms with Crippen LogP contribution in [-0.4, -0.2) is 28.3 Å². The number of carbonyl (C=O) groups excluding carboxylic acids is 1. The number of nitrogens with zero attached hydrogens (tertiary/aromatic N) is 2. The van der Waals surface area contributed by atoms with Crippen LogP contribution in [0.4, 0.5) is 0 Å². The first kappa shape index (κ1) is 13.2. The molecule has 0 aliphatic heterocycles. The van der Waals surface area contributed by atoms with Gasteiger partial charge in [0, 0.05) is 13.1 Å². The second kappa shape index (κ2) is 5.71. The molecular formula is C15H17N3OS. The van der Waals surface area contributed by atoms with Crippen molar-refractivity contribution in [3.63, 3.8) is 0 Å². The van der Waals surface area contributed by atoms with Gasteiger partial charge in [-0.1, -0.05) is 42.1 Å². The van der Waals surface area contributed by atoms with E-state index in [2.05, 4.69) is 27.0 Å². The Balaban J connectivity index is 1.88. The minimum Gasteiger partial charge on any atom is -0.358 e. The summed E-state index contributed by atoms with van der Waals surface area (Å²) in [6.07, 6.45) is 4.31. The number of nitrogens with one attached hydrogen (secondary N) is 1. The molecule has 1 saturated carbocycles. The molecule has 104 valence electrons. The lowest BCUT2D eigenvalue weighted by Crippen LogP contribution is -2.20. The van der Waals surface area contributed by atoms with E-state index in [1.807, 2.05) is 24.4 Å². The first-order valence-corrected chi connectivity index (χ1v) is 7.74. The molecule has 1 fully saturated rings. The lowest BCUT2D eigenvalue weighted by Gasteiger charge is -2.10. The van der Waals surface area contributed by atoms with Crippen molar-refractivity contribution in [2.24, 2.45) is 0 Å². The van der Waals surface area contributed by atoms with Gasteiger partial charge in [0.2, 0.25) is 5.91 Å². The molecule has 1 aliphatic rings. The molecule has 0 spiro atoms. The van der Waals surface area contributed by atoms with Crippen molar-refractivity contribution in [2.45, 2.75) is 24.0 Å². The molecule has 0 saturated heterocycles. The number of hydrogen-bond donors (Lipinski definition) is 1. The van der Waals surface area contributed by atoms with Gasteiger partial charge < -0.3 is 9.88 Å². The van der Waals surface area contributed by atoms with E-state index in [4.69, 9.17) is 0 Å². The Morgan fingerprint density at radius 3 is 2.80 bits per heavy atom. The molecule has 0 atom stereocenters. The summed E-state index contributed by atoms with van der Waals surface area (Å²) in [6, 6.07) is 10.8. The minimum atomic E-state index is 0.0293. The molecule has 1 aromatic carbocycles. The summed E-state index contributed by atoms with van der Waals surface area (Å²) in [5.74, 6) is 0.440. The van der Waals surface area contributed by atoms with Gasteiger partial charge in [-0.15, -0.1) is 0 Å². The van der Waals surface area contributed by atoms with Crippen LogP contribution >= 0.6 is 11.8 Å². The van der Waals surface area contributed by atoms with Crippen molar-refractivity contribution in [2.75, 3.05) is 12.8 Å². The molecular weight excluding hydrogens is 270 g/mol. The van der Waals surface area contributed by atoms with Crippen molar-refractivity contribution in [1.82, 2.24) is 14.9 Å². The molecule has 0 radical (unpaired) electrons. The van der Waals surface area contributed by atoms with Gasteiger partial charge in [-0.3, -0.25) is 4.79 Å². The predicted octanol–water partition coefficient (Wildman–Crippen LogP) is 2.72. The maximum atomic E-state index is 11.4. The molecule has 1 aromatic heterocycles. The van der Waals surface area contributed by atoms with E-state index in [1.54, 1.807) is 7.05 Å². The van der Waals surface area contributed by atoms with Gasteiger partial charge >= 0.3 is 0 Å². The Morgan fingerprint density at radius 1 is 1.40 bits per heavy atom. The van der Waals surface area contributed by atoms with E-state index in [0.717, 1.165) is 10.9 Å². The summed E-state index contributed by atoms with van der Waals surface area (Å²) in [4.78, 5) is 15.9. The Hall–Kier alpha value is -1.75. The number of benzene rings is 1. The van der Waals surface area contributed by atoms with Crippen LogP contribution in [0.5, 0.6) is 0 Å². The van der Waals surface area contributed by atoms with Crippen LogP contribution in [0.1, 0.15) is 18.9 Å². The van der Waals surface area contributed by atoms with E-state index in [9.17, 15) is 4.79 Å². The third kappa shape index (κ3) is 2.72. The molecule has 1 N–H and O–H groups in total. The lowest BCUT2D eigenvalue weighted by atomic mass is 10.2. The fourth-order valence-corrected chi connectivity index (χ4v) is 3.08. The van der Waals surface area contributed by atoms with Crippen LogP contribution in [-0.2, 0) is 4.79 Å². The normalized spacial score (nSPS) is 14.2. The van der Waals surface area contributed by atoms with Gasteiger partial charge in [-0.05, 0) is 18.4 Å². The Kier molecular flexibility index (Phi) is 3.78. The van der Waals surface area contributed by atoms with Crippen molar-refractivity contribution in [1.29, 1.82) is 0 Å². The number of amides is 1. The maximum absolute atomic E-state index is 11.4. The molecule has 1 aliphatic carbocycles. The van der Waals surface area contributed by atoms with Gasteiger partial charge in [0.1, 0.15) is 0 Å². The van der Waals surface area contributed by atoms with E-state index in [0.29, 0.717) is 11.8 Å². The molecule has 1 amide bonds. The minimum absolute atomic E-state index is 0.0293. The zero-order valence-corrected chi connectivity index (χ0v) is 12.2. The van der Waals surface area contributed by atoms with Crippen LogP contribution in [0, 0.1) is 0 Å². The summed E-state index contributed by atoms with van der Waals surface area (Å²) >= 11 is 1.50. The standard InChI is InChI=1S/C15H17N3OS/c1-16-14(19)10-20-15-17-9-13(18(15)12-7-8-12)11-5-3-2-4-6-11/h2-6,9,12H,7-8,10H2,1H3,(H,16,19). The highest BCUT2D eigenvalue weighted by Crippen LogP contribution is 2.41. The molecule has 20 heavy (non-hydrogen) atoms. The zero-order chi connectivity index (χ0) is 13.9. The lowest BCUT2D eigenvalue weighted by molar-refractivity contribution is -0.118. The largest absolute Gasteiger partial charge is 0.358 e. The third-order valence-electron chi connectivity index (χ3n) is 3.36. The molecule has 0 bridgehead atoms. The molecule has 1 heterocycles. The molecule has 5 heteroatoms. The van der Waals surface area contributed by atoms with E-state index in [-0.39, 0.29) is 5.91 Å². The third-order valence-corrected chi connectivity index (χ3v) is 4.32. The van der Waals surface area contributed by atoms with Crippen LogP contribution < -0.4 is 5.32 Å². The summed E-state index contributed by atoms with van der Waals surface area (Å²) < 4.78 is 2.28. The summed E-state index contributed by atoms with van der Waals surface area (Å²) in [5, 5.41) is 3.58. The second-order valence-corrected chi connectivity index (χ2v) is 5.80. The number of imidazole rings is 1.